The van der Waals surface area contributed by atoms with E-state index in [0.29, 0.717) is 12.5 Å². The van der Waals surface area contributed by atoms with E-state index in [-0.39, 0.29) is 0 Å². The van der Waals surface area contributed by atoms with Gasteiger partial charge in [0.1, 0.15) is 0 Å². The summed E-state index contributed by atoms with van der Waals surface area (Å²) in [6.07, 6.45) is 3.36. The molecule has 2 nitrogen and oxygen atoms in total. The molecule has 1 N–H and O–H groups in total. The van der Waals surface area contributed by atoms with Crippen LogP contribution in [0.15, 0.2) is 24.3 Å². The molecule has 0 saturated carbocycles. The monoisotopic (exact) mass is 253 g/mol. The first-order chi connectivity index (χ1) is 8.29. The van der Waals surface area contributed by atoms with Gasteiger partial charge in [-0.15, -0.1) is 0 Å². The summed E-state index contributed by atoms with van der Waals surface area (Å²) in [7, 11) is 0. The van der Waals surface area contributed by atoms with Gasteiger partial charge < -0.3 is 5.11 Å². The van der Waals surface area contributed by atoms with Crippen LogP contribution in [0.4, 0.5) is 0 Å². The second kappa shape index (κ2) is 6.39. The maximum atomic E-state index is 8.92. The third-order valence-corrected chi connectivity index (χ3v) is 3.97. The number of hydrogen-bond acceptors (Lipinski definition) is 2. The summed E-state index contributed by atoms with van der Waals surface area (Å²) in [5.41, 5.74) is 1.22. The van der Waals surface area contributed by atoms with Crippen LogP contribution in [-0.4, -0.2) is 29.7 Å². The Hall–Kier alpha value is -0.570. The largest absolute Gasteiger partial charge is 0.396 e. The molecule has 1 aromatic carbocycles. The molecule has 0 atom stereocenters. The van der Waals surface area contributed by atoms with Crippen molar-refractivity contribution in [2.75, 3.05) is 19.7 Å². The summed E-state index contributed by atoms with van der Waals surface area (Å²) in [6.45, 7) is 3.52. The van der Waals surface area contributed by atoms with Crippen LogP contribution >= 0.6 is 11.6 Å². The van der Waals surface area contributed by atoms with E-state index < -0.39 is 0 Å². The number of halogens is 1. The van der Waals surface area contributed by atoms with Crippen LogP contribution in [0.2, 0.25) is 5.02 Å². The lowest BCUT2D eigenvalue weighted by molar-refractivity contribution is 0.153. The molecule has 17 heavy (non-hydrogen) atoms. The zero-order valence-corrected chi connectivity index (χ0v) is 10.9. The average Bonchev–Trinajstić information content (AvgIpc) is 2.35. The van der Waals surface area contributed by atoms with E-state index in [1.807, 2.05) is 18.2 Å². The van der Waals surface area contributed by atoms with Crippen LogP contribution in [0.25, 0.3) is 0 Å². The Morgan fingerprint density at radius 3 is 2.59 bits per heavy atom. The second-order valence-corrected chi connectivity index (χ2v) is 5.23. The quantitative estimate of drug-likeness (QED) is 0.892. The Labute approximate surface area is 108 Å². The van der Waals surface area contributed by atoms with Gasteiger partial charge in [-0.05, 0) is 49.9 Å². The number of hydrogen-bond donors (Lipinski definition) is 1. The smallest absolute Gasteiger partial charge is 0.0451 e. The van der Waals surface area contributed by atoms with Gasteiger partial charge in [0.15, 0.2) is 0 Å². The van der Waals surface area contributed by atoms with E-state index >= 15 is 0 Å². The topological polar surface area (TPSA) is 23.5 Å². The third-order valence-electron chi connectivity index (χ3n) is 3.60. The first-order valence-electron chi connectivity index (χ1n) is 6.36. The molecular formula is C14H20ClNO. The lowest BCUT2D eigenvalue weighted by Crippen LogP contribution is -2.33. The lowest BCUT2D eigenvalue weighted by atomic mass is 9.94. The number of piperidine rings is 1. The van der Waals surface area contributed by atoms with E-state index in [1.165, 1.54) is 18.4 Å². The number of aliphatic hydroxyl groups excluding tert-OH is 1. The molecule has 1 saturated heterocycles. The number of rotatable bonds is 4. The van der Waals surface area contributed by atoms with Gasteiger partial charge in [-0.3, -0.25) is 4.90 Å². The molecule has 0 unspecified atom stereocenters. The Balaban J connectivity index is 1.84. The van der Waals surface area contributed by atoms with E-state index in [4.69, 9.17) is 16.7 Å². The zero-order valence-electron chi connectivity index (χ0n) is 10.1. The predicted molar refractivity (Wildman–Crippen MR) is 71.2 cm³/mol. The van der Waals surface area contributed by atoms with Crippen LogP contribution < -0.4 is 0 Å². The van der Waals surface area contributed by atoms with Gasteiger partial charge in [-0.25, -0.2) is 0 Å². The highest BCUT2D eigenvalue weighted by molar-refractivity contribution is 6.31. The fourth-order valence-electron chi connectivity index (χ4n) is 2.48. The molecule has 1 fully saturated rings. The van der Waals surface area contributed by atoms with Crippen molar-refractivity contribution in [1.82, 2.24) is 4.90 Å². The van der Waals surface area contributed by atoms with Crippen molar-refractivity contribution in [1.29, 1.82) is 0 Å². The Morgan fingerprint density at radius 1 is 1.24 bits per heavy atom. The van der Waals surface area contributed by atoms with Gasteiger partial charge >= 0.3 is 0 Å². The Bertz CT molecular complexity index is 348. The summed E-state index contributed by atoms with van der Waals surface area (Å²) < 4.78 is 0. The molecule has 94 valence electrons. The fraction of sp³-hybridized carbons (Fsp3) is 0.571. The minimum absolute atomic E-state index is 0.329. The SMILES string of the molecule is OCCC1CCN(Cc2ccccc2Cl)CC1. The van der Waals surface area contributed by atoms with Gasteiger partial charge in [0.05, 0.1) is 0 Å². The molecule has 1 aliphatic rings. The Kier molecular flexibility index (Phi) is 4.84. The van der Waals surface area contributed by atoms with Gasteiger partial charge in [-0.1, -0.05) is 29.8 Å². The number of likely N-dealkylation sites (tertiary alicyclic amines) is 1. The Morgan fingerprint density at radius 2 is 1.94 bits per heavy atom. The van der Waals surface area contributed by atoms with Crippen LogP contribution in [0.1, 0.15) is 24.8 Å². The summed E-state index contributed by atoms with van der Waals surface area (Å²) in [4.78, 5) is 2.45. The maximum Gasteiger partial charge on any atom is 0.0451 e. The molecule has 0 spiro atoms. The molecular weight excluding hydrogens is 234 g/mol. The molecule has 2 rings (SSSR count). The van der Waals surface area contributed by atoms with Crippen molar-refractivity contribution < 1.29 is 5.11 Å². The second-order valence-electron chi connectivity index (χ2n) is 4.82. The summed E-state index contributed by atoms with van der Waals surface area (Å²) in [5, 5.41) is 9.79. The van der Waals surface area contributed by atoms with E-state index in [0.717, 1.165) is 31.1 Å². The fourth-order valence-corrected chi connectivity index (χ4v) is 2.68. The molecule has 0 aliphatic carbocycles. The summed E-state index contributed by atoms with van der Waals surface area (Å²) in [5.74, 6) is 0.711. The molecule has 0 radical (unpaired) electrons. The van der Waals surface area contributed by atoms with Gasteiger partial charge in [-0.2, -0.15) is 0 Å². The van der Waals surface area contributed by atoms with Crippen molar-refractivity contribution in [3.8, 4) is 0 Å². The average molecular weight is 254 g/mol. The molecule has 1 aromatic rings. The molecule has 1 aliphatic heterocycles. The number of nitrogens with zero attached hydrogens (tertiary/aromatic N) is 1. The van der Waals surface area contributed by atoms with Crippen LogP contribution in [-0.2, 0) is 6.54 Å². The first-order valence-corrected chi connectivity index (χ1v) is 6.74. The van der Waals surface area contributed by atoms with Crippen molar-refractivity contribution >= 4 is 11.6 Å². The highest BCUT2D eigenvalue weighted by Gasteiger charge is 2.19. The van der Waals surface area contributed by atoms with Crippen LogP contribution in [0.3, 0.4) is 0 Å². The summed E-state index contributed by atoms with van der Waals surface area (Å²) >= 11 is 6.16. The number of benzene rings is 1. The van der Waals surface area contributed by atoms with Crippen molar-refractivity contribution in [2.24, 2.45) is 5.92 Å². The zero-order chi connectivity index (χ0) is 12.1. The normalized spacial score (nSPS) is 18.5. The molecule has 3 heteroatoms. The van der Waals surface area contributed by atoms with Crippen LogP contribution in [0, 0.1) is 5.92 Å². The van der Waals surface area contributed by atoms with Crippen molar-refractivity contribution in [3.05, 3.63) is 34.9 Å². The highest BCUT2D eigenvalue weighted by atomic mass is 35.5. The highest BCUT2D eigenvalue weighted by Crippen LogP contribution is 2.23. The standard InChI is InChI=1S/C14H20ClNO/c15-14-4-2-1-3-13(14)11-16-8-5-12(6-9-16)7-10-17/h1-4,12,17H,5-11H2. The summed E-state index contributed by atoms with van der Waals surface area (Å²) in [6, 6.07) is 8.07. The van der Waals surface area contributed by atoms with E-state index in [1.54, 1.807) is 0 Å². The molecule has 0 bridgehead atoms. The van der Waals surface area contributed by atoms with Crippen molar-refractivity contribution in [3.63, 3.8) is 0 Å². The van der Waals surface area contributed by atoms with Crippen LogP contribution in [0.5, 0.6) is 0 Å². The number of aliphatic hydroxyl groups is 1. The minimum Gasteiger partial charge on any atom is -0.396 e. The van der Waals surface area contributed by atoms with Gasteiger partial charge in [0.2, 0.25) is 0 Å². The predicted octanol–water partition coefficient (Wildman–Crippen LogP) is 2.93. The van der Waals surface area contributed by atoms with Gasteiger partial charge in [0.25, 0.3) is 0 Å². The maximum absolute atomic E-state index is 8.92. The first kappa shape index (κ1) is 12.9. The third kappa shape index (κ3) is 3.70. The van der Waals surface area contributed by atoms with E-state index in [2.05, 4.69) is 11.0 Å². The molecule has 1 heterocycles. The van der Waals surface area contributed by atoms with Gasteiger partial charge in [0, 0.05) is 18.2 Å². The minimum atomic E-state index is 0.329. The van der Waals surface area contributed by atoms with E-state index in [9.17, 15) is 0 Å². The molecule has 0 amide bonds. The lowest BCUT2D eigenvalue weighted by Gasteiger charge is -2.31. The van der Waals surface area contributed by atoms with Crippen molar-refractivity contribution in [2.45, 2.75) is 25.8 Å². The molecule has 0 aromatic heterocycles.